The molecule has 0 spiro atoms. The van der Waals surface area contributed by atoms with Crippen molar-refractivity contribution in [3.63, 3.8) is 0 Å². The Kier molecular flexibility index (Phi) is 5.07. The van der Waals surface area contributed by atoms with E-state index in [0.717, 1.165) is 18.5 Å². The molecular formula is C7H16N2. The minimum atomic E-state index is 0.809. The van der Waals surface area contributed by atoms with E-state index < -0.39 is 0 Å². The first kappa shape index (κ1) is 8.34. The second-order valence-electron chi connectivity index (χ2n) is 2.20. The van der Waals surface area contributed by atoms with Crippen molar-refractivity contribution in [3.8, 4) is 0 Å². The number of rotatable bonds is 4. The van der Waals surface area contributed by atoms with Gasteiger partial charge >= 0.3 is 0 Å². The molecule has 0 atom stereocenters. The summed E-state index contributed by atoms with van der Waals surface area (Å²) in [5.74, 6) is 0. The van der Waals surface area contributed by atoms with Gasteiger partial charge < -0.3 is 11.5 Å². The van der Waals surface area contributed by atoms with Crippen molar-refractivity contribution >= 4 is 0 Å². The second-order valence-corrected chi connectivity index (χ2v) is 2.20. The fourth-order valence-electron chi connectivity index (χ4n) is 0.662. The summed E-state index contributed by atoms with van der Waals surface area (Å²) in [7, 11) is 0. The van der Waals surface area contributed by atoms with Gasteiger partial charge in [-0.25, -0.2) is 0 Å². The van der Waals surface area contributed by atoms with Crippen LogP contribution >= 0.6 is 0 Å². The Morgan fingerprint density at radius 1 is 1.44 bits per heavy atom. The maximum absolute atomic E-state index is 5.45. The lowest BCUT2D eigenvalue weighted by Gasteiger charge is -1.96. The Morgan fingerprint density at radius 2 is 2.11 bits per heavy atom. The first-order valence-corrected chi connectivity index (χ1v) is 3.47. The van der Waals surface area contributed by atoms with E-state index in [4.69, 9.17) is 11.5 Å². The van der Waals surface area contributed by atoms with E-state index in [1.165, 1.54) is 19.0 Å². The van der Waals surface area contributed by atoms with Crippen LogP contribution in [0.25, 0.3) is 0 Å². The van der Waals surface area contributed by atoms with Crippen LogP contribution in [0.3, 0.4) is 0 Å². The molecule has 0 unspecified atom stereocenters. The smallest absolute Gasteiger partial charge is 0.0238 e. The number of allylic oxidation sites excluding steroid dienone is 1. The summed E-state index contributed by atoms with van der Waals surface area (Å²) in [4.78, 5) is 0. The van der Waals surface area contributed by atoms with Crippen LogP contribution in [0, 0.1) is 0 Å². The van der Waals surface area contributed by atoms with Gasteiger partial charge in [-0.15, -0.1) is 0 Å². The quantitative estimate of drug-likeness (QED) is 0.561. The van der Waals surface area contributed by atoms with Gasteiger partial charge in [-0.05, 0) is 12.8 Å². The van der Waals surface area contributed by atoms with Gasteiger partial charge in [0.15, 0.2) is 0 Å². The highest BCUT2D eigenvalue weighted by Gasteiger charge is 1.87. The largest absolute Gasteiger partial charge is 0.403 e. The molecule has 0 aromatic heterocycles. The van der Waals surface area contributed by atoms with Gasteiger partial charge in [0, 0.05) is 11.9 Å². The van der Waals surface area contributed by atoms with Gasteiger partial charge in [-0.3, -0.25) is 0 Å². The normalized spacial score (nSPS) is 11.9. The molecule has 0 saturated carbocycles. The summed E-state index contributed by atoms with van der Waals surface area (Å²) in [6.07, 6.45) is 6.07. The molecule has 0 aliphatic heterocycles. The molecular weight excluding hydrogens is 112 g/mol. The number of hydrogen-bond donors (Lipinski definition) is 2. The van der Waals surface area contributed by atoms with Crippen molar-refractivity contribution in [2.75, 3.05) is 0 Å². The lowest BCUT2D eigenvalue weighted by molar-refractivity contribution is 0.709. The van der Waals surface area contributed by atoms with E-state index in [-0.39, 0.29) is 0 Å². The monoisotopic (exact) mass is 128 g/mol. The highest BCUT2D eigenvalue weighted by molar-refractivity contribution is 4.91. The Hall–Kier alpha value is -0.660. The van der Waals surface area contributed by atoms with Crippen LogP contribution in [-0.2, 0) is 0 Å². The highest BCUT2D eigenvalue weighted by Crippen LogP contribution is 2.01. The van der Waals surface area contributed by atoms with E-state index in [2.05, 4.69) is 6.92 Å². The van der Waals surface area contributed by atoms with Crippen molar-refractivity contribution in [2.24, 2.45) is 11.5 Å². The third-order valence-electron chi connectivity index (χ3n) is 1.28. The van der Waals surface area contributed by atoms with E-state index >= 15 is 0 Å². The van der Waals surface area contributed by atoms with E-state index in [1.807, 2.05) is 0 Å². The van der Waals surface area contributed by atoms with Crippen LogP contribution in [0.15, 0.2) is 11.9 Å². The maximum Gasteiger partial charge on any atom is 0.0238 e. The van der Waals surface area contributed by atoms with Crippen molar-refractivity contribution < 1.29 is 0 Å². The van der Waals surface area contributed by atoms with Crippen LogP contribution in [0.2, 0.25) is 0 Å². The summed E-state index contributed by atoms with van der Waals surface area (Å²) in [5, 5.41) is 0. The van der Waals surface area contributed by atoms with E-state index in [0.29, 0.717) is 0 Å². The zero-order valence-corrected chi connectivity index (χ0v) is 6.06. The molecule has 0 amide bonds. The number of nitrogens with two attached hydrogens (primary N) is 2. The summed E-state index contributed by atoms with van der Waals surface area (Å²) in [6.45, 7) is 2.17. The predicted octanol–water partition coefficient (Wildman–Crippen LogP) is 1.33. The zero-order chi connectivity index (χ0) is 7.11. The molecule has 2 nitrogen and oxygen atoms in total. The molecule has 9 heavy (non-hydrogen) atoms. The van der Waals surface area contributed by atoms with Crippen molar-refractivity contribution in [1.82, 2.24) is 0 Å². The first-order valence-electron chi connectivity index (χ1n) is 3.47. The average molecular weight is 128 g/mol. The Labute approximate surface area is 56.9 Å². The molecule has 4 N–H and O–H groups in total. The molecule has 54 valence electrons. The lowest BCUT2D eigenvalue weighted by atomic mass is 10.2. The van der Waals surface area contributed by atoms with Crippen LogP contribution in [-0.4, -0.2) is 0 Å². The van der Waals surface area contributed by atoms with Crippen LogP contribution in [0.4, 0.5) is 0 Å². The van der Waals surface area contributed by atoms with Gasteiger partial charge in [-0.2, -0.15) is 0 Å². The standard InChI is InChI=1S/C7H16N2/c1-2-3-4-5-7(9)6-8/h6H,2-5,8-9H2,1H3/b7-6-. The van der Waals surface area contributed by atoms with E-state index in [1.54, 1.807) is 0 Å². The molecule has 0 heterocycles. The average Bonchev–Trinajstić information content (AvgIpc) is 1.89. The molecule has 0 aliphatic carbocycles. The van der Waals surface area contributed by atoms with Crippen LogP contribution in [0.1, 0.15) is 32.6 Å². The molecule has 0 aromatic carbocycles. The van der Waals surface area contributed by atoms with E-state index in [9.17, 15) is 0 Å². The van der Waals surface area contributed by atoms with Crippen LogP contribution in [0.5, 0.6) is 0 Å². The third kappa shape index (κ3) is 5.21. The Morgan fingerprint density at radius 3 is 2.56 bits per heavy atom. The van der Waals surface area contributed by atoms with Crippen molar-refractivity contribution in [1.29, 1.82) is 0 Å². The molecule has 0 rings (SSSR count). The number of unbranched alkanes of at least 4 members (excludes halogenated alkanes) is 2. The Bertz CT molecular complexity index is 86.9. The zero-order valence-electron chi connectivity index (χ0n) is 6.06. The lowest BCUT2D eigenvalue weighted by Crippen LogP contribution is -1.99. The SMILES string of the molecule is CCCCC/C(N)=C/N. The fourth-order valence-corrected chi connectivity index (χ4v) is 0.662. The molecule has 0 bridgehead atoms. The summed E-state index contributed by atoms with van der Waals surface area (Å²) < 4.78 is 0. The van der Waals surface area contributed by atoms with Gasteiger partial charge in [0.25, 0.3) is 0 Å². The highest BCUT2D eigenvalue weighted by atomic mass is 14.6. The summed E-state index contributed by atoms with van der Waals surface area (Å²) >= 11 is 0. The molecule has 2 heteroatoms. The van der Waals surface area contributed by atoms with Gasteiger partial charge in [0.05, 0.1) is 0 Å². The molecule has 0 saturated heterocycles. The van der Waals surface area contributed by atoms with Gasteiger partial charge in [0.1, 0.15) is 0 Å². The minimum absolute atomic E-state index is 0.809. The number of hydrogen-bond acceptors (Lipinski definition) is 2. The molecule has 0 aliphatic rings. The van der Waals surface area contributed by atoms with Crippen LogP contribution < -0.4 is 11.5 Å². The summed E-state index contributed by atoms with van der Waals surface area (Å²) in [5.41, 5.74) is 11.4. The predicted molar refractivity (Wildman–Crippen MR) is 40.6 cm³/mol. The molecule has 0 fully saturated rings. The van der Waals surface area contributed by atoms with Gasteiger partial charge in [-0.1, -0.05) is 19.8 Å². The van der Waals surface area contributed by atoms with Gasteiger partial charge in [0.2, 0.25) is 0 Å². The molecule has 0 radical (unpaired) electrons. The minimum Gasteiger partial charge on any atom is -0.403 e. The van der Waals surface area contributed by atoms with Crippen molar-refractivity contribution in [3.05, 3.63) is 11.9 Å². The topological polar surface area (TPSA) is 52.0 Å². The third-order valence-corrected chi connectivity index (χ3v) is 1.28. The van der Waals surface area contributed by atoms with Crippen molar-refractivity contribution in [2.45, 2.75) is 32.6 Å². The summed E-state index contributed by atoms with van der Waals surface area (Å²) in [6, 6.07) is 0. The Balaban J connectivity index is 3.07. The second kappa shape index (κ2) is 5.48. The fraction of sp³-hybridized carbons (Fsp3) is 0.714. The first-order chi connectivity index (χ1) is 4.31. The molecule has 0 aromatic rings. The maximum atomic E-state index is 5.45.